The van der Waals surface area contributed by atoms with Crippen LogP contribution in [0, 0.1) is 6.92 Å². The number of anilines is 2. The van der Waals surface area contributed by atoms with Crippen molar-refractivity contribution in [2.24, 2.45) is 0 Å². The van der Waals surface area contributed by atoms with E-state index in [9.17, 15) is 0 Å². The zero-order chi connectivity index (χ0) is 10.6. The molecule has 1 aromatic rings. The quantitative estimate of drug-likeness (QED) is 0.745. The zero-order valence-electron chi connectivity index (χ0n) is 8.74. The summed E-state index contributed by atoms with van der Waals surface area (Å²) in [5, 5.41) is 3.17. The summed E-state index contributed by atoms with van der Waals surface area (Å²) in [4.78, 5) is 8.18. The molecule has 1 rings (SSSR count). The summed E-state index contributed by atoms with van der Waals surface area (Å²) in [5.41, 5.74) is 5.59. The van der Waals surface area contributed by atoms with E-state index in [1.54, 1.807) is 13.2 Å². The Hall–Kier alpha value is -1.36. The zero-order valence-corrected chi connectivity index (χ0v) is 8.74. The highest BCUT2D eigenvalue weighted by atomic mass is 16.5. The first-order valence-corrected chi connectivity index (χ1v) is 4.48. The molecule has 1 heterocycles. The van der Waals surface area contributed by atoms with Crippen molar-refractivity contribution in [2.45, 2.75) is 19.9 Å². The molecule has 3 N–H and O–H groups in total. The summed E-state index contributed by atoms with van der Waals surface area (Å²) >= 11 is 0. The van der Waals surface area contributed by atoms with Gasteiger partial charge in [-0.1, -0.05) is 0 Å². The van der Waals surface area contributed by atoms with Crippen molar-refractivity contribution in [1.29, 1.82) is 0 Å². The second-order valence-electron chi connectivity index (χ2n) is 3.23. The first kappa shape index (κ1) is 10.7. The summed E-state index contributed by atoms with van der Waals surface area (Å²) in [6, 6.07) is 1.91. The van der Waals surface area contributed by atoms with Gasteiger partial charge in [0.25, 0.3) is 0 Å². The Morgan fingerprint density at radius 1 is 1.57 bits per heavy atom. The summed E-state index contributed by atoms with van der Waals surface area (Å²) in [6.07, 6.45) is 0. The van der Waals surface area contributed by atoms with E-state index in [2.05, 4.69) is 15.3 Å². The van der Waals surface area contributed by atoms with Crippen molar-refractivity contribution < 1.29 is 4.74 Å². The van der Waals surface area contributed by atoms with Crippen molar-refractivity contribution >= 4 is 11.6 Å². The molecule has 0 amide bonds. The number of nitrogens with two attached hydrogens (primary N) is 1. The number of aromatic nitrogens is 2. The molecule has 5 heteroatoms. The molecule has 1 aromatic heterocycles. The van der Waals surface area contributed by atoms with Gasteiger partial charge in [-0.3, -0.25) is 0 Å². The Kier molecular flexibility index (Phi) is 3.64. The fraction of sp³-hybridized carbons (Fsp3) is 0.556. The fourth-order valence-electron chi connectivity index (χ4n) is 1.21. The van der Waals surface area contributed by atoms with Crippen LogP contribution in [0.1, 0.15) is 12.7 Å². The number of hydrogen-bond acceptors (Lipinski definition) is 5. The summed E-state index contributed by atoms with van der Waals surface area (Å²) in [7, 11) is 1.66. The van der Waals surface area contributed by atoms with E-state index in [0.717, 1.165) is 5.82 Å². The van der Waals surface area contributed by atoms with Gasteiger partial charge in [-0.15, -0.1) is 0 Å². The van der Waals surface area contributed by atoms with Crippen molar-refractivity contribution in [3.05, 3.63) is 11.9 Å². The van der Waals surface area contributed by atoms with Gasteiger partial charge in [0.2, 0.25) is 0 Å². The lowest BCUT2D eigenvalue weighted by atomic mass is 10.3. The topological polar surface area (TPSA) is 73.1 Å². The third-order valence-electron chi connectivity index (χ3n) is 1.67. The molecule has 14 heavy (non-hydrogen) atoms. The van der Waals surface area contributed by atoms with Crippen LogP contribution in [-0.4, -0.2) is 29.7 Å². The van der Waals surface area contributed by atoms with Crippen LogP contribution in [-0.2, 0) is 4.74 Å². The van der Waals surface area contributed by atoms with Gasteiger partial charge in [-0.25, -0.2) is 9.97 Å². The minimum Gasteiger partial charge on any atom is -0.384 e. The fourth-order valence-corrected chi connectivity index (χ4v) is 1.21. The molecular weight excluding hydrogens is 180 g/mol. The second-order valence-corrected chi connectivity index (χ2v) is 3.23. The number of ether oxygens (including phenoxy) is 1. The van der Waals surface area contributed by atoms with Gasteiger partial charge >= 0.3 is 0 Å². The van der Waals surface area contributed by atoms with Crippen LogP contribution in [0.3, 0.4) is 0 Å². The molecule has 0 radical (unpaired) electrons. The van der Waals surface area contributed by atoms with E-state index >= 15 is 0 Å². The third-order valence-corrected chi connectivity index (χ3v) is 1.67. The van der Waals surface area contributed by atoms with E-state index in [-0.39, 0.29) is 6.04 Å². The lowest BCUT2D eigenvalue weighted by Gasteiger charge is -2.13. The van der Waals surface area contributed by atoms with Crippen molar-refractivity contribution in [3.8, 4) is 0 Å². The molecule has 0 fully saturated rings. The molecule has 0 aliphatic rings. The van der Waals surface area contributed by atoms with E-state index in [1.165, 1.54) is 0 Å². The lowest BCUT2D eigenvalue weighted by Crippen LogP contribution is -2.21. The third kappa shape index (κ3) is 3.18. The number of methoxy groups -OCH3 is 1. The molecular formula is C9H16N4O. The monoisotopic (exact) mass is 196 g/mol. The molecule has 0 unspecified atom stereocenters. The standard InChI is InChI=1S/C9H16N4O/c1-6(5-14-3)11-9-4-8(10)12-7(2)13-9/h4,6H,5H2,1-3H3,(H3,10,11,12,13)/t6-/m1/s1. The molecule has 0 aromatic carbocycles. The molecule has 0 aliphatic carbocycles. The van der Waals surface area contributed by atoms with Gasteiger partial charge in [0.15, 0.2) is 0 Å². The van der Waals surface area contributed by atoms with Gasteiger partial charge in [0.05, 0.1) is 6.61 Å². The molecule has 0 saturated carbocycles. The molecule has 0 saturated heterocycles. The Labute approximate surface area is 83.7 Å². The first-order valence-electron chi connectivity index (χ1n) is 4.48. The molecule has 5 nitrogen and oxygen atoms in total. The van der Waals surface area contributed by atoms with E-state index in [1.807, 2.05) is 13.8 Å². The van der Waals surface area contributed by atoms with Crippen molar-refractivity contribution in [3.63, 3.8) is 0 Å². The Morgan fingerprint density at radius 2 is 2.29 bits per heavy atom. The highest BCUT2D eigenvalue weighted by Crippen LogP contribution is 2.08. The largest absolute Gasteiger partial charge is 0.384 e. The van der Waals surface area contributed by atoms with Gasteiger partial charge in [-0.2, -0.15) is 0 Å². The average Bonchev–Trinajstić information content (AvgIpc) is 2.01. The van der Waals surface area contributed by atoms with Gasteiger partial charge in [0, 0.05) is 19.2 Å². The van der Waals surface area contributed by atoms with Gasteiger partial charge in [0.1, 0.15) is 17.5 Å². The maximum atomic E-state index is 5.59. The lowest BCUT2D eigenvalue weighted by molar-refractivity contribution is 0.190. The molecule has 0 spiro atoms. The Bertz CT molecular complexity index is 283. The SMILES string of the molecule is COC[C@@H](C)Nc1cc(N)nc(C)n1. The molecule has 1 atom stereocenters. The number of nitrogen functional groups attached to an aromatic ring is 1. The number of aryl methyl sites for hydroxylation is 1. The highest BCUT2D eigenvalue weighted by Gasteiger charge is 2.03. The maximum Gasteiger partial charge on any atom is 0.132 e. The van der Waals surface area contributed by atoms with Crippen LogP contribution >= 0.6 is 0 Å². The van der Waals surface area contributed by atoms with Crippen LogP contribution < -0.4 is 11.1 Å². The van der Waals surface area contributed by atoms with Crippen molar-refractivity contribution in [1.82, 2.24) is 9.97 Å². The number of hydrogen-bond donors (Lipinski definition) is 2. The molecule has 0 bridgehead atoms. The van der Waals surface area contributed by atoms with Crippen LogP contribution in [0.2, 0.25) is 0 Å². The number of nitrogens with zero attached hydrogens (tertiary/aromatic N) is 2. The minimum absolute atomic E-state index is 0.202. The number of rotatable bonds is 4. The molecule has 0 aliphatic heterocycles. The van der Waals surface area contributed by atoms with E-state index in [4.69, 9.17) is 10.5 Å². The maximum absolute atomic E-state index is 5.59. The van der Waals surface area contributed by atoms with Crippen molar-refractivity contribution in [2.75, 3.05) is 24.8 Å². The number of nitrogens with one attached hydrogen (secondary N) is 1. The van der Waals surface area contributed by atoms with Crippen LogP contribution in [0.5, 0.6) is 0 Å². The summed E-state index contributed by atoms with van der Waals surface area (Å²) < 4.78 is 5.00. The second kappa shape index (κ2) is 4.76. The molecule has 78 valence electrons. The highest BCUT2D eigenvalue weighted by molar-refractivity contribution is 5.44. The van der Waals surface area contributed by atoms with Gasteiger partial charge in [-0.05, 0) is 13.8 Å². The van der Waals surface area contributed by atoms with E-state index < -0.39 is 0 Å². The predicted octanol–water partition coefficient (Wildman–Crippen LogP) is 0.814. The Morgan fingerprint density at radius 3 is 2.86 bits per heavy atom. The Balaban J connectivity index is 2.66. The normalized spacial score (nSPS) is 12.5. The average molecular weight is 196 g/mol. The summed E-state index contributed by atoms with van der Waals surface area (Å²) in [5.74, 6) is 1.88. The van der Waals surface area contributed by atoms with E-state index in [0.29, 0.717) is 18.2 Å². The predicted molar refractivity (Wildman–Crippen MR) is 56.1 cm³/mol. The van der Waals surface area contributed by atoms with Crippen LogP contribution in [0.25, 0.3) is 0 Å². The van der Waals surface area contributed by atoms with Gasteiger partial charge < -0.3 is 15.8 Å². The summed E-state index contributed by atoms with van der Waals surface area (Å²) in [6.45, 7) is 4.45. The first-order chi connectivity index (χ1) is 6.61. The smallest absolute Gasteiger partial charge is 0.132 e. The van der Waals surface area contributed by atoms with Crippen LogP contribution in [0.4, 0.5) is 11.6 Å². The minimum atomic E-state index is 0.202. The van der Waals surface area contributed by atoms with Crippen LogP contribution in [0.15, 0.2) is 6.07 Å².